The topological polar surface area (TPSA) is 32.3 Å². The summed E-state index contributed by atoms with van der Waals surface area (Å²) in [5.41, 5.74) is 6.03. The van der Waals surface area contributed by atoms with Gasteiger partial charge in [-0.05, 0) is 65.0 Å². The largest absolute Gasteiger partial charge is 0.356 e. The quantitative estimate of drug-likeness (QED) is 0.423. The molecular weight excluding hydrogens is 435 g/mol. The molecule has 0 atom stereocenters. The van der Waals surface area contributed by atoms with Crippen molar-refractivity contribution < 1.29 is 4.39 Å². The number of nitrogens with zero attached hydrogens (tertiary/aromatic N) is 4. The van der Waals surface area contributed by atoms with E-state index in [1.165, 1.54) is 38.0 Å². The van der Waals surface area contributed by atoms with Crippen molar-refractivity contribution in [2.45, 2.75) is 46.5 Å². The maximum Gasteiger partial charge on any atom is 0.135 e. The van der Waals surface area contributed by atoms with Gasteiger partial charge in [0.2, 0.25) is 0 Å². The Labute approximate surface area is 209 Å². The first kappa shape index (κ1) is 23.9. The van der Waals surface area contributed by atoms with E-state index in [1.54, 1.807) is 18.5 Å². The van der Waals surface area contributed by atoms with Crippen LogP contribution < -0.4 is 4.90 Å². The van der Waals surface area contributed by atoms with Crippen LogP contribution in [0, 0.1) is 17.2 Å². The van der Waals surface area contributed by atoms with Crippen LogP contribution in [-0.4, -0.2) is 47.6 Å². The lowest BCUT2D eigenvalue weighted by molar-refractivity contribution is -0.0248. The molecule has 1 aromatic heterocycles. The summed E-state index contributed by atoms with van der Waals surface area (Å²) in [5, 5.41) is 0. The average molecular weight is 473 g/mol. The number of aromatic nitrogens is 2. The van der Waals surface area contributed by atoms with Crippen molar-refractivity contribution in [2.24, 2.45) is 11.3 Å². The van der Waals surface area contributed by atoms with Gasteiger partial charge in [-0.1, -0.05) is 51.1 Å². The van der Waals surface area contributed by atoms with Gasteiger partial charge in [0.1, 0.15) is 18.0 Å². The van der Waals surface area contributed by atoms with Gasteiger partial charge in [0, 0.05) is 50.9 Å². The Morgan fingerprint density at radius 1 is 0.971 bits per heavy atom. The van der Waals surface area contributed by atoms with Crippen LogP contribution in [0.1, 0.15) is 50.3 Å². The maximum atomic E-state index is 14.4. The van der Waals surface area contributed by atoms with Crippen molar-refractivity contribution in [1.29, 1.82) is 0 Å². The van der Waals surface area contributed by atoms with E-state index < -0.39 is 0 Å². The summed E-state index contributed by atoms with van der Waals surface area (Å²) >= 11 is 0. The smallest absolute Gasteiger partial charge is 0.135 e. The molecule has 2 saturated heterocycles. The summed E-state index contributed by atoms with van der Waals surface area (Å²) in [6, 6.07) is 13.5. The van der Waals surface area contributed by atoms with Gasteiger partial charge in [-0.25, -0.2) is 14.4 Å². The van der Waals surface area contributed by atoms with Crippen LogP contribution in [-0.2, 0) is 12.8 Å². The van der Waals surface area contributed by atoms with Crippen molar-refractivity contribution in [3.8, 4) is 11.1 Å². The highest BCUT2D eigenvalue weighted by atomic mass is 19.1. The Hall–Kier alpha value is -2.79. The first-order valence-electron chi connectivity index (χ1n) is 13.1. The van der Waals surface area contributed by atoms with E-state index >= 15 is 0 Å². The third kappa shape index (κ3) is 5.11. The first-order chi connectivity index (χ1) is 17.0. The molecule has 0 radical (unpaired) electrons. The van der Waals surface area contributed by atoms with Crippen LogP contribution >= 0.6 is 0 Å². The van der Waals surface area contributed by atoms with E-state index in [1.807, 2.05) is 18.3 Å². The second kappa shape index (κ2) is 10.1. The van der Waals surface area contributed by atoms with E-state index in [0.717, 1.165) is 53.5 Å². The summed E-state index contributed by atoms with van der Waals surface area (Å²) in [5.74, 6) is 1.57. The fraction of sp³-hybridized carbons (Fsp3) is 0.467. The molecule has 0 bridgehead atoms. The van der Waals surface area contributed by atoms with Gasteiger partial charge < -0.3 is 9.80 Å². The highest BCUT2D eigenvalue weighted by Crippen LogP contribution is 2.42. The highest BCUT2D eigenvalue weighted by molar-refractivity contribution is 5.71. The van der Waals surface area contributed by atoms with Crippen molar-refractivity contribution in [2.75, 3.05) is 37.6 Å². The summed E-state index contributed by atoms with van der Waals surface area (Å²) < 4.78 is 14.4. The minimum absolute atomic E-state index is 0.201. The molecule has 35 heavy (non-hydrogen) atoms. The zero-order valence-corrected chi connectivity index (χ0v) is 21.3. The van der Waals surface area contributed by atoms with Crippen LogP contribution in [0.15, 0.2) is 55.0 Å². The molecule has 2 aliphatic heterocycles. The Bertz CT molecular complexity index is 1160. The van der Waals surface area contributed by atoms with E-state index in [0.29, 0.717) is 11.8 Å². The van der Waals surface area contributed by atoms with Crippen LogP contribution in [0.3, 0.4) is 0 Å². The summed E-state index contributed by atoms with van der Waals surface area (Å²) in [7, 11) is 0. The van der Waals surface area contributed by atoms with Crippen LogP contribution in [0.4, 0.5) is 10.2 Å². The summed E-state index contributed by atoms with van der Waals surface area (Å²) in [4.78, 5) is 14.1. The number of aryl methyl sites for hydroxylation is 1. The third-order valence-electron chi connectivity index (χ3n) is 7.77. The highest BCUT2D eigenvalue weighted by Gasteiger charge is 2.44. The number of hydrogen-bond acceptors (Lipinski definition) is 4. The van der Waals surface area contributed by atoms with Crippen molar-refractivity contribution in [1.82, 2.24) is 14.9 Å². The Morgan fingerprint density at radius 3 is 2.49 bits per heavy atom. The van der Waals surface area contributed by atoms with E-state index in [9.17, 15) is 4.39 Å². The lowest BCUT2D eigenvalue weighted by atomic mass is 9.71. The predicted octanol–water partition coefficient (Wildman–Crippen LogP) is 5.99. The Morgan fingerprint density at radius 2 is 1.74 bits per heavy atom. The minimum atomic E-state index is -0.201. The fourth-order valence-corrected chi connectivity index (χ4v) is 6.07. The zero-order chi connectivity index (χ0) is 24.4. The molecule has 5 rings (SSSR count). The van der Waals surface area contributed by atoms with Crippen molar-refractivity contribution >= 4 is 5.82 Å². The average Bonchev–Trinajstić information content (AvgIpc) is 2.85. The number of halogens is 1. The van der Waals surface area contributed by atoms with Crippen LogP contribution in [0.2, 0.25) is 0 Å². The maximum absolute atomic E-state index is 14.4. The van der Waals surface area contributed by atoms with E-state index in [2.05, 4.69) is 53.8 Å². The van der Waals surface area contributed by atoms with Crippen LogP contribution in [0.5, 0.6) is 0 Å². The number of rotatable bonds is 7. The number of hydrogen-bond donors (Lipinski definition) is 0. The molecule has 0 amide bonds. The minimum Gasteiger partial charge on any atom is -0.356 e. The monoisotopic (exact) mass is 472 g/mol. The lowest BCUT2D eigenvalue weighted by Crippen LogP contribution is -2.61. The number of anilines is 1. The summed E-state index contributed by atoms with van der Waals surface area (Å²) in [6.07, 6.45) is 7.64. The van der Waals surface area contributed by atoms with Gasteiger partial charge in [0.05, 0.1) is 0 Å². The van der Waals surface area contributed by atoms with Gasteiger partial charge in [0.25, 0.3) is 0 Å². The second-order valence-electron chi connectivity index (χ2n) is 10.9. The normalized spacial score (nSPS) is 17.7. The van der Waals surface area contributed by atoms with Gasteiger partial charge in [-0.3, -0.25) is 0 Å². The number of benzene rings is 2. The molecule has 3 heterocycles. The molecule has 2 aliphatic rings. The second-order valence-corrected chi connectivity index (χ2v) is 10.9. The van der Waals surface area contributed by atoms with Gasteiger partial charge in [0.15, 0.2) is 0 Å². The molecule has 3 aromatic rings. The third-order valence-corrected chi connectivity index (χ3v) is 7.77. The molecule has 0 unspecified atom stereocenters. The molecular formula is C30H37FN4. The molecule has 5 heteroatoms. The van der Waals surface area contributed by atoms with E-state index in [-0.39, 0.29) is 5.82 Å². The van der Waals surface area contributed by atoms with Crippen molar-refractivity contribution in [3.63, 3.8) is 0 Å². The predicted molar refractivity (Wildman–Crippen MR) is 141 cm³/mol. The zero-order valence-electron chi connectivity index (χ0n) is 21.3. The standard InChI is InChI=1S/C30H37FN4/c1-4-23-7-5-6-8-27(23)28-16-26(31)10-9-24(28)15-25-17-32-21-33-29(25)35-13-11-30(12-14-35)19-34(20-30)18-22(2)3/h5-10,16-17,21-22H,4,11-15,18-20H2,1-3H3. The molecule has 2 fully saturated rings. The first-order valence-corrected chi connectivity index (χ1v) is 13.1. The van der Waals surface area contributed by atoms with E-state index in [4.69, 9.17) is 4.98 Å². The van der Waals surface area contributed by atoms with Gasteiger partial charge in [-0.15, -0.1) is 0 Å². The molecule has 0 aliphatic carbocycles. The Kier molecular flexibility index (Phi) is 6.88. The lowest BCUT2D eigenvalue weighted by Gasteiger charge is -2.54. The van der Waals surface area contributed by atoms with Crippen molar-refractivity contribution in [3.05, 3.63) is 77.5 Å². The van der Waals surface area contributed by atoms with Gasteiger partial charge in [-0.2, -0.15) is 0 Å². The molecule has 1 spiro atoms. The van der Waals surface area contributed by atoms with Crippen LogP contribution in [0.25, 0.3) is 11.1 Å². The molecule has 0 saturated carbocycles. The Balaban J connectivity index is 1.35. The van der Waals surface area contributed by atoms with Gasteiger partial charge >= 0.3 is 0 Å². The number of likely N-dealkylation sites (tertiary alicyclic amines) is 1. The molecule has 0 N–H and O–H groups in total. The molecule has 184 valence electrons. The molecule has 2 aromatic carbocycles. The number of piperidine rings is 1. The fourth-order valence-electron chi connectivity index (χ4n) is 6.07. The molecule has 4 nitrogen and oxygen atoms in total. The SMILES string of the molecule is CCc1ccccc1-c1cc(F)ccc1Cc1cncnc1N1CCC2(CC1)CN(CC(C)C)C2. The summed E-state index contributed by atoms with van der Waals surface area (Å²) in [6.45, 7) is 12.5.